The smallest absolute Gasteiger partial charge is 0.344 e. The van der Waals surface area contributed by atoms with Crippen molar-refractivity contribution in [3.8, 4) is 0 Å². The number of alkyl halides is 3. The Morgan fingerprint density at radius 2 is 0.987 bits per heavy atom. The van der Waals surface area contributed by atoms with Crippen LogP contribution in [0.3, 0.4) is 0 Å². The Balaban J connectivity index is 0.000000334. The quantitative estimate of drug-likeness (QED) is 0.107. The number of carbonyl (C=O) groups is 4. The zero-order chi connectivity index (χ0) is 56.1. The van der Waals surface area contributed by atoms with E-state index < -0.39 is 60.7 Å². The van der Waals surface area contributed by atoms with Crippen molar-refractivity contribution in [1.29, 1.82) is 0 Å². The van der Waals surface area contributed by atoms with Crippen molar-refractivity contribution in [2.75, 3.05) is 45.5 Å². The Morgan fingerprint density at radius 3 is 1.33 bits per heavy atom. The predicted octanol–water partition coefficient (Wildman–Crippen LogP) is 8.57. The fraction of sp³-hybridized carbons (Fsp3) is 0.607. The van der Waals surface area contributed by atoms with Gasteiger partial charge in [0.25, 0.3) is 0 Å². The Bertz CT molecular complexity index is 2560. The van der Waals surface area contributed by atoms with E-state index in [9.17, 15) is 49.2 Å². The summed E-state index contributed by atoms with van der Waals surface area (Å²) in [6.07, 6.45) is 1.77. The molecule has 3 aromatic carbocycles. The van der Waals surface area contributed by atoms with Gasteiger partial charge in [-0.1, -0.05) is 130 Å². The first-order valence-electron chi connectivity index (χ1n) is 26.3. The van der Waals surface area contributed by atoms with Crippen LogP contribution in [-0.2, 0) is 58.2 Å². The molecule has 0 spiro atoms. The SMILES string of the molecule is CC[C@@H](C)C(=O)N[C@H](C(=O)N1CCC[C@H]1CN(CCc1ccccc1)S(=O)(=O)c1ccc(C(F)(F)F)cc1)C(C)(C)C.CC[C@@H](C)C(=O)N[C@H](C(=O)N1CCC[C@H]1CN(CCc1ccccc1)S(C)(=O)=O)C(C)(C)C. The van der Waals surface area contributed by atoms with Crippen LogP contribution >= 0.6 is 0 Å². The summed E-state index contributed by atoms with van der Waals surface area (Å²) in [5, 5.41) is 5.90. The molecule has 2 aliphatic rings. The number of hydrogen-bond donors (Lipinski definition) is 2. The first kappa shape index (κ1) is 62.7. The molecule has 75 heavy (non-hydrogen) atoms. The van der Waals surface area contributed by atoms with Gasteiger partial charge in [0.15, 0.2) is 0 Å². The second kappa shape index (κ2) is 27.0. The third-order valence-corrected chi connectivity index (χ3v) is 17.5. The molecule has 0 aliphatic carbocycles. The standard InChI is InChI=1S/C31H42F3N3O4S.C25H41N3O4S/c1-6-22(2)28(38)35-27(30(3,4)5)29(39)37-19-10-13-25(37)21-36(20-18-23-11-8-7-9-12-23)42(40,41)26-16-14-24(15-17-26)31(32,33)34;1-7-19(2)23(29)26-22(25(3,4)5)24(30)28-16-11-14-21(28)18-27(33(6,31)32)17-15-20-12-9-8-10-13-20/h7-9,11-12,14-17,22,25,27H,6,10,13,18-21H2,1-5H3,(H,35,38);8-10,12-13,19,21-22H,7,11,14-18H2,1-6H3,(H,26,29)/t22-,25+,27-;19-,21+,22-/m11/s1. The number of hydrogen-bond acceptors (Lipinski definition) is 8. The van der Waals surface area contributed by atoms with E-state index in [0.717, 1.165) is 48.2 Å². The number of nitrogens with zero attached hydrogens (tertiary/aromatic N) is 4. The van der Waals surface area contributed by atoms with Crippen LogP contribution in [0.4, 0.5) is 13.2 Å². The molecule has 6 atom stereocenters. The topological polar surface area (TPSA) is 174 Å². The number of rotatable bonds is 21. The average Bonchev–Trinajstić information content (AvgIpc) is 4.03. The van der Waals surface area contributed by atoms with Gasteiger partial charge in [-0.2, -0.15) is 21.8 Å². The summed E-state index contributed by atoms with van der Waals surface area (Å²) in [5.74, 6) is -1.16. The van der Waals surface area contributed by atoms with E-state index in [0.29, 0.717) is 58.2 Å². The van der Waals surface area contributed by atoms with Crippen LogP contribution in [0.1, 0.15) is 124 Å². The molecule has 5 rings (SSSR count). The number of sulfonamides is 2. The predicted molar refractivity (Wildman–Crippen MR) is 288 cm³/mol. The highest BCUT2D eigenvalue weighted by molar-refractivity contribution is 7.89. The van der Waals surface area contributed by atoms with E-state index in [1.54, 1.807) is 16.7 Å². The molecule has 19 heteroatoms. The number of benzene rings is 3. The summed E-state index contributed by atoms with van der Waals surface area (Å²) in [7, 11) is -7.62. The van der Waals surface area contributed by atoms with Crippen LogP contribution in [0.15, 0.2) is 89.8 Å². The van der Waals surface area contributed by atoms with Crippen molar-refractivity contribution in [3.63, 3.8) is 0 Å². The largest absolute Gasteiger partial charge is 0.416 e. The molecule has 0 saturated carbocycles. The first-order chi connectivity index (χ1) is 34.9. The van der Waals surface area contributed by atoms with Gasteiger partial charge in [0.05, 0.1) is 16.7 Å². The van der Waals surface area contributed by atoms with Crippen LogP contribution in [0, 0.1) is 22.7 Å². The Morgan fingerprint density at radius 1 is 0.613 bits per heavy atom. The molecule has 0 aromatic heterocycles. The summed E-state index contributed by atoms with van der Waals surface area (Å²) < 4.78 is 94.9. The molecule has 0 bridgehead atoms. The van der Waals surface area contributed by atoms with E-state index in [-0.39, 0.29) is 66.0 Å². The molecule has 0 radical (unpaired) electrons. The second-order valence-electron chi connectivity index (χ2n) is 22.4. The molecule has 2 fully saturated rings. The Kier molecular flexibility index (Phi) is 22.5. The molecule has 2 heterocycles. The lowest BCUT2D eigenvalue weighted by atomic mass is 9.85. The molecule has 4 amide bonds. The van der Waals surface area contributed by atoms with Gasteiger partial charge < -0.3 is 20.4 Å². The van der Waals surface area contributed by atoms with E-state index in [1.165, 1.54) is 14.9 Å². The van der Waals surface area contributed by atoms with Crippen LogP contribution < -0.4 is 10.6 Å². The van der Waals surface area contributed by atoms with Gasteiger partial charge in [-0.15, -0.1) is 0 Å². The lowest BCUT2D eigenvalue weighted by Gasteiger charge is -2.37. The van der Waals surface area contributed by atoms with Gasteiger partial charge in [-0.05, 0) is 97.6 Å². The van der Waals surface area contributed by atoms with Crippen molar-refractivity contribution in [2.45, 2.75) is 156 Å². The van der Waals surface area contributed by atoms with Gasteiger partial charge >= 0.3 is 6.18 Å². The Hall–Kier alpha value is -4.85. The van der Waals surface area contributed by atoms with Crippen molar-refractivity contribution in [2.24, 2.45) is 22.7 Å². The van der Waals surface area contributed by atoms with E-state index in [1.807, 2.05) is 123 Å². The number of carbonyl (C=O) groups excluding carboxylic acids is 4. The minimum atomic E-state index is -4.59. The number of nitrogens with one attached hydrogen (secondary N) is 2. The lowest BCUT2D eigenvalue weighted by molar-refractivity contribution is -0.141. The van der Waals surface area contributed by atoms with E-state index >= 15 is 0 Å². The molecule has 2 N–H and O–H groups in total. The van der Waals surface area contributed by atoms with Crippen LogP contribution in [0.25, 0.3) is 0 Å². The fourth-order valence-electron chi connectivity index (χ4n) is 9.13. The van der Waals surface area contributed by atoms with Crippen molar-refractivity contribution in [3.05, 3.63) is 102 Å². The average molecular weight is 1090 g/mol. The van der Waals surface area contributed by atoms with Crippen LogP contribution in [-0.4, -0.2) is 129 Å². The molecule has 418 valence electrons. The maximum atomic E-state index is 13.9. The monoisotopic (exact) mass is 1090 g/mol. The maximum Gasteiger partial charge on any atom is 0.416 e. The molecule has 14 nitrogen and oxygen atoms in total. The second-order valence-corrected chi connectivity index (χ2v) is 26.3. The first-order valence-corrected chi connectivity index (χ1v) is 29.6. The summed E-state index contributed by atoms with van der Waals surface area (Å²) in [6.45, 7) is 20.7. The minimum Gasteiger partial charge on any atom is -0.344 e. The lowest BCUT2D eigenvalue weighted by Crippen LogP contribution is -2.57. The number of amides is 4. The number of halogens is 3. The van der Waals surface area contributed by atoms with Crippen molar-refractivity contribution < 1.29 is 49.2 Å². The van der Waals surface area contributed by atoms with E-state index in [4.69, 9.17) is 0 Å². The van der Waals surface area contributed by atoms with Crippen LogP contribution in [0.2, 0.25) is 0 Å². The highest BCUT2D eigenvalue weighted by Crippen LogP contribution is 2.32. The highest BCUT2D eigenvalue weighted by Gasteiger charge is 2.43. The maximum absolute atomic E-state index is 13.9. The van der Waals surface area contributed by atoms with Gasteiger partial charge in [0, 0.05) is 63.2 Å². The van der Waals surface area contributed by atoms with Gasteiger partial charge in [-0.3, -0.25) is 19.2 Å². The van der Waals surface area contributed by atoms with Gasteiger partial charge in [-0.25, -0.2) is 16.8 Å². The van der Waals surface area contributed by atoms with Crippen LogP contribution in [0.5, 0.6) is 0 Å². The van der Waals surface area contributed by atoms with Gasteiger partial charge in [0.2, 0.25) is 43.7 Å². The molecule has 0 unspecified atom stereocenters. The molecular weight excluding hydrogens is 1010 g/mol. The molecule has 3 aromatic rings. The van der Waals surface area contributed by atoms with Crippen molar-refractivity contribution in [1.82, 2.24) is 29.0 Å². The molecular formula is C56H83F3N6O8S2. The van der Waals surface area contributed by atoms with Crippen molar-refractivity contribution >= 4 is 43.7 Å². The summed E-state index contributed by atoms with van der Waals surface area (Å²) in [5.41, 5.74) is -0.00214. The summed E-state index contributed by atoms with van der Waals surface area (Å²) in [6, 6.07) is 20.5. The summed E-state index contributed by atoms with van der Waals surface area (Å²) in [4.78, 5) is 56.1. The summed E-state index contributed by atoms with van der Waals surface area (Å²) >= 11 is 0. The third kappa shape index (κ3) is 18.1. The number of likely N-dealkylation sites (tertiary alicyclic amines) is 2. The van der Waals surface area contributed by atoms with Gasteiger partial charge in [0.1, 0.15) is 12.1 Å². The molecule has 2 saturated heterocycles. The Labute approximate surface area is 445 Å². The zero-order valence-corrected chi connectivity index (χ0v) is 47.6. The zero-order valence-electron chi connectivity index (χ0n) is 46.0. The third-order valence-electron chi connectivity index (χ3n) is 14.3. The molecule has 2 aliphatic heterocycles. The highest BCUT2D eigenvalue weighted by atomic mass is 32.2. The minimum absolute atomic E-state index is 0.0158. The fourth-order valence-corrected chi connectivity index (χ4v) is 11.5. The van der Waals surface area contributed by atoms with E-state index in [2.05, 4.69) is 10.6 Å². The normalized spacial score (nSPS) is 18.2.